The molecule has 1 saturated carbocycles. The molecule has 0 bridgehead atoms. The van der Waals surface area contributed by atoms with E-state index in [0.29, 0.717) is 12.2 Å². The van der Waals surface area contributed by atoms with Crippen LogP contribution in [0.1, 0.15) is 19.3 Å². The van der Waals surface area contributed by atoms with E-state index >= 15 is 0 Å². The average molecular weight is 266 g/mol. The van der Waals surface area contributed by atoms with E-state index in [-0.39, 0.29) is 24.1 Å². The number of benzene rings is 1. The summed E-state index contributed by atoms with van der Waals surface area (Å²) < 4.78 is 5.08. The first-order chi connectivity index (χ1) is 9.19. The minimum absolute atomic E-state index is 0.0228. The topological polar surface area (TPSA) is 75.8 Å². The Bertz CT molecular complexity index is 460. The van der Waals surface area contributed by atoms with Gasteiger partial charge in [0.1, 0.15) is 5.69 Å². The molecular formula is C13H18N2O4. The van der Waals surface area contributed by atoms with Gasteiger partial charge in [0.15, 0.2) is 5.75 Å². The standard InChI is InChI=1S/C13H18N2O4/c1-19-12-7-3-6-11(13(12)15(17)18)14(8-9-16)10-4-2-5-10/h3,6-7,10,16H,2,4-5,8-9H2,1H3. The molecule has 0 atom stereocenters. The van der Waals surface area contributed by atoms with E-state index in [9.17, 15) is 15.2 Å². The third-order valence-electron chi connectivity index (χ3n) is 3.55. The molecule has 104 valence electrons. The maximum Gasteiger partial charge on any atom is 0.333 e. The van der Waals surface area contributed by atoms with Crippen molar-refractivity contribution in [3.05, 3.63) is 28.3 Å². The Balaban J connectivity index is 2.42. The number of nitro benzene ring substituents is 1. The highest BCUT2D eigenvalue weighted by atomic mass is 16.6. The van der Waals surface area contributed by atoms with Crippen molar-refractivity contribution < 1.29 is 14.8 Å². The fourth-order valence-corrected chi connectivity index (χ4v) is 2.40. The number of para-hydroxylation sites is 1. The van der Waals surface area contributed by atoms with Gasteiger partial charge in [-0.1, -0.05) is 6.07 Å². The number of nitro groups is 1. The van der Waals surface area contributed by atoms with E-state index in [2.05, 4.69) is 0 Å². The minimum atomic E-state index is -0.419. The van der Waals surface area contributed by atoms with Crippen LogP contribution in [0, 0.1) is 10.1 Å². The lowest BCUT2D eigenvalue weighted by Crippen LogP contribution is -2.42. The lowest BCUT2D eigenvalue weighted by atomic mass is 9.91. The van der Waals surface area contributed by atoms with E-state index in [1.807, 2.05) is 4.90 Å². The molecule has 0 radical (unpaired) electrons. The summed E-state index contributed by atoms with van der Waals surface area (Å²) in [7, 11) is 1.42. The Morgan fingerprint density at radius 3 is 2.74 bits per heavy atom. The van der Waals surface area contributed by atoms with Crippen molar-refractivity contribution in [2.75, 3.05) is 25.2 Å². The predicted molar refractivity (Wildman–Crippen MR) is 71.7 cm³/mol. The van der Waals surface area contributed by atoms with Gasteiger partial charge in [-0.05, 0) is 31.4 Å². The van der Waals surface area contributed by atoms with Gasteiger partial charge >= 0.3 is 5.69 Å². The summed E-state index contributed by atoms with van der Waals surface area (Å²) in [6, 6.07) is 5.32. The van der Waals surface area contributed by atoms with Crippen molar-refractivity contribution in [2.45, 2.75) is 25.3 Å². The first-order valence-corrected chi connectivity index (χ1v) is 6.38. The van der Waals surface area contributed by atoms with Crippen molar-refractivity contribution >= 4 is 11.4 Å². The van der Waals surface area contributed by atoms with Crippen molar-refractivity contribution in [3.63, 3.8) is 0 Å². The summed E-state index contributed by atoms with van der Waals surface area (Å²) in [5.41, 5.74) is 0.508. The van der Waals surface area contributed by atoms with Crippen molar-refractivity contribution in [1.29, 1.82) is 0 Å². The van der Waals surface area contributed by atoms with E-state index in [0.717, 1.165) is 19.3 Å². The zero-order chi connectivity index (χ0) is 13.8. The van der Waals surface area contributed by atoms with Crippen LogP contribution < -0.4 is 9.64 Å². The summed E-state index contributed by atoms with van der Waals surface area (Å²) in [5.74, 6) is 0.254. The summed E-state index contributed by atoms with van der Waals surface area (Å²) >= 11 is 0. The smallest absolute Gasteiger partial charge is 0.333 e. The van der Waals surface area contributed by atoms with Crippen LogP contribution in [-0.4, -0.2) is 36.3 Å². The van der Waals surface area contributed by atoms with Crippen molar-refractivity contribution in [3.8, 4) is 5.75 Å². The normalized spacial score (nSPS) is 14.8. The Kier molecular flexibility index (Phi) is 4.21. The van der Waals surface area contributed by atoms with Gasteiger partial charge in [-0.3, -0.25) is 10.1 Å². The number of nitrogens with zero attached hydrogens (tertiary/aromatic N) is 2. The van der Waals surface area contributed by atoms with Crippen LogP contribution in [0.4, 0.5) is 11.4 Å². The van der Waals surface area contributed by atoms with E-state index in [1.165, 1.54) is 7.11 Å². The predicted octanol–water partition coefficient (Wildman–Crippen LogP) is 1.95. The van der Waals surface area contributed by atoms with Crippen LogP contribution in [0.3, 0.4) is 0 Å². The van der Waals surface area contributed by atoms with Crippen molar-refractivity contribution in [2.24, 2.45) is 0 Å². The number of methoxy groups -OCH3 is 1. The second-order valence-electron chi connectivity index (χ2n) is 4.59. The van der Waals surface area contributed by atoms with Crippen LogP contribution >= 0.6 is 0 Å². The highest BCUT2D eigenvalue weighted by Crippen LogP contribution is 2.40. The summed E-state index contributed by atoms with van der Waals surface area (Å²) in [5, 5.41) is 20.5. The molecule has 1 fully saturated rings. The van der Waals surface area contributed by atoms with Gasteiger partial charge in [-0.25, -0.2) is 0 Å². The van der Waals surface area contributed by atoms with Crippen LogP contribution in [-0.2, 0) is 0 Å². The highest BCUT2D eigenvalue weighted by molar-refractivity contribution is 5.70. The van der Waals surface area contributed by atoms with Crippen molar-refractivity contribution in [1.82, 2.24) is 0 Å². The second-order valence-corrected chi connectivity index (χ2v) is 4.59. The number of aliphatic hydroxyl groups is 1. The summed E-state index contributed by atoms with van der Waals surface area (Å²) in [4.78, 5) is 12.8. The van der Waals surface area contributed by atoms with E-state index in [4.69, 9.17) is 4.74 Å². The molecule has 0 unspecified atom stereocenters. The van der Waals surface area contributed by atoms with E-state index in [1.54, 1.807) is 18.2 Å². The Labute approximate surface area is 111 Å². The third kappa shape index (κ3) is 2.63. The fourth-order valence-electron chi connectivity index (χ4n) is 2.40. The van der Waals surface area contributed by atoms with Gasteiger partial charge in [0.05, 0.1) is 18.6 Å². The number of hydrogen-bond acceptors (Lipinski definition) is 5. The quantitative estimate of drug-likeness (QED) is 0.629. The number of anilines is 1. The molecular weight excluding hydrogens is 248 g/mol. The molecule has 0 saturated heterocycles. The number of hydrogen-bond donors (Lipinski definition) is 1. The molecule has 1 aromatic carbocycles. The summed E-state index contributed by atoms with van der Waals surface area (Å²) in [6.45, 7) is 0.379. The largest absolute Gasteiger partial charge is 0.490 e. The van der Waals surface area contributed by atoms with Gasteiger partial charge in [-0.15, -0.1) is 0 Å². The summed E-state index contributed by atoms with van der Waals surface area (Å²) in [6.07, 6.45) is 3.15. The minimum Gasteiger partial charge on any atom is -0.490 e. The molecule has 2 rings (SSSR count). The lowest BCUT2D eigenvalue weighted by molar-refractivity contribution is -0.385. The molecule has 0 aliphatic heterocycles. The molecule has 1 aliphatic rings. The second kappa shape index (κ2) is 5.88. The SMILES string of the molecule is COc1cccc(N(CCO)C2CCC2)c1[N+](=O)[O-]. The maximum atomic E-state index is 11.3. The maximum absolute atomic E-state index is 11.3. The highest BCUT2D eigenvalue weighted by Gasteiger charge is 2.31. The number of aliphatic hydroxyl groups excluding tert-OH is 1. The molecule has 1 aliphatic carbocycles. The lowest BCUT2D eigenvalue weighted by Gasteiger charge is -2.38. The van der Waals surface area contributed by atoms with Gasteiger partial charge in [0.2, 0.25) is 0 Å². The molecule has 0 spiro atoms. The fraction of sp³-hybridized carbons (Fsp3) is 0.538. The Morgan fingerprint density at radius 2 is 2.26 bits per heavy atom. The Hall–Kier alpha value is -1.82. The molecule has 0 aromatic heterocycles. The third-order valence-corrected chi connectivity index (χ3v) is 3.55. The first kappa shape index (κ1) is 13.6. The average Bonchev–Trinajstić information content (AvgIpc) is 2.35. The van der Waals surface area contributed by atoms with Gasteiger partial charge in [0.25, 0.3) is 0 Å². The molecule has 0 heterocycles. The van der Waals surface area contributed by atoms with Crippen LogP contribution in [0.25, 0.3) is 0 Å². The molecule has 1 N–H and O–H groups in total. The number of ether oxygens (including phenoxy) is 1. The molecule has 0 amide bonds. The molecule has 6 heteroatoms. The first-order valence-electron chi connectivity index (χ1n) is 6.38. The Morgan fingerprint density at radius 1 is 1.53 bits per heavy atom. The van der Waals surface area contributed by atoms with Crippen LogP contribution in [0.5, 0.6) is 5.75 Å². The van der Waals surface area contributed by atoms with Crippen LogP contribution in [0.2, 0.25) is 0 Å². The van der Waals surface area contributed by atoms with E-state index < -0.39 is 4.92 Å². The monoisotopic (exact) mass is 266 g/mol. The molecule has 19 heavy (non-hydrogen) atoms. The zero-order valence-electron chi connectivity index (χ0n) is 10.9. The van der Waals surface area contributed by atoms with Crippen LogP contribution in [0.15, 0.2) is 18.2 Å². The van der Waals surface area contributed by atoms with Gasteiger partial charge < -0.3 is 14.7 Å². The number of rotatable bonds is 6. The zero-order valence-corrected chi connectivity index (χ0v) is 10.9. The molecule has 1 aromatic rings. The van der Waals surface area contributed by atoms with Gasteiger partial charge in [0, 0.05) is 12.6 Å². The molecule has 6 nitrogen and oxygen atoms in total. The van der Waals surface area contributed by atoms with Gasteiger partial charge in [-0.2, -0.15) is 0 Å².